The first-order valence-electron chi connectivity index (χ1n) is 5.39. The zero-order chi connectivity index (χ0) is 13.5. The summed E-state index contributed by atoms with van der Waals surface area (Å²) >= 11 is 3.38. The van der Waals surface area contributed by atoms with Crippen LogP contribution in [0.2, 0.25) is 0 Å². The number of esters is 1. The van der Waals surface area contributed by atoms with Crippen molar-refractivity contribution in [2.24, 2.45) is 5.10 Å². The van der Waals surface area contributed by atoms with Crippen LogP contribution in [0.5, 0.6) is 5.75 Å². The van der Waals surface area contributed by atoms with Gasteiger partial charge >= 0.3 is 5.97 Å². The second-order valence-corrected chi connectivity index (χ2v) is 4.23. The van der Waals surface area contributed by atoms with E-state index in [-0.39, 0.29) is 5.71 Å². The Bertz CT molecular complexity index is 461. The predicted octanol–water partition coefficient (Wildman–Crippen LogP) is 2.81. The van der Waals surface area contributed by atoms with E-state index in [1.165, 1.54) is 0 Å². The van der Waals surface area contributed by atoms with E-state index >= 15 is 0 Å². The van der Waals surface area contributed by atoms with Gasteiger partial charge in [-0.05, 0) is 48.0 Å². The van der Waals surface area contributed by atoms with Crippen LogP contribution in [0.1, 0.15) is 13.8 Å². The van der Waals surface area contributed by atoms with Gasteiger partial charge in [0.25, 0.3) is 0 Å². The Morgan fingerprint density at radius 1 is 1.50 bits per heavy atom. The van der Waals surface area contributed by atoms with Crippen molar-refractivity contribution in [1.82, 2.24) is 0 Å². The SMILES string of the molecule is CCOC(=O)/C(C)=N\Nc1ccc(OC)cc1Br. The summed E-state index contributed by atoms with van der Waals surface area (Å²) < 4.78 is 10.7. The molecule has 0 aliphatic carbocycles. The summed E-state index contributed by atoms with van der Waals surface area (Å²) in [6.45, 7) is 3.67. The lowest BCUT2D eigenvalue weighted by atomic mass is 10.3. The molecule has 0 spiro atoms. The lowest BCUT2D eigenvalue weighted by Crippen LogP contribution is -2.15. The van der Waals surface area contributed by atoms with Gasteiger partial charge in [-0.3, -0.25) is 5.43 Å². The number of nitrogens with one attached hydrogen (secondary N) is 1. The topological polar surface area (TPSA) is 59.9 Å². The van der Waals surface area contributed by atoms with Crippen LogP contribution in [0.15, 0.2) is 27.8 Å². The average Bonchev–Trinajstić information content (AvgIpc) is 2.37. The molecule has 98 valence electrons. The molecule has 0 fully saturated rings. The summed E-state index contributed by atoms with van der Waals surface area (Å²) in [6.07, 6.45) is 0. The summed E-state index contributed by atoms with van der Waals surface area (Å²) in [6, 6.07) is 5.39. The van der Waals surface area contributed by atoms with Gasteiger partial charge in [-0.15, -0.1) is 0 Å². The van der Waals surface area contributed by atoms with E-state index in [1.807, 2.05) is 0 Å². The molecule has 18 heavy (non-hydrogen) atoms. The molecule has 0 bridgehead atoms. The molecule has 5 nitrogen and oxygen atoms in total. The number of benzene rings is 1. The fraction of sp³-hybridized carbons (Fsp3) is 0.333. The van der Waals surface area contributed by atoms with Crippen LogP contribution < -0.4 is 10.2 Å². The number of hydrogen-bond donors (Lipinski definition) is 1. The van der Waals surface area contributed by atoms with Crippen molar-refractivity contribution < 1.29 is 14.3 Å². The Hall–Kier alpha value is -1.56. The van der Waals surface area contributed by atoms with Crippen molar-refractivity contribution in [3.05, 3.63) is 22.7 Å². The van der Waals surface area contributed by atoms with Crippen LogP contribution in [-0.4, -0.2) is 25.4 Å². The molecular weight excluding hydrogens is 300 g/mol. The van der Waals surface area contributed by atoms with E-state index in [0.29, 0.717) is 6.61 Å². The third kappa shape index (κ3) is 4.03. The summed E-state index contributed by atoms with van der Waals surface area (Å²) in [5.74, 6) is 0.299. The predicted molar refractivity (Wildman–Crippen MR) is 74.1 cm³/mol. The number of ether oxygens (including phenoxy) is 2. The van der Waals surface area contributed by atoms with Crippen LogP contribution in [0.4, 0.5) is 5.69 Å². The van der Waals surface area contributed by atoms with Gasteiger partial charge in [0, 0.05) is 4.47 Å². The highest BCUT2D eigenvalue weighted by atomic mass is 79.9. The van der Waals surface area contributed by atoms with Crippen molar-refractivity contribution in [3.8, 4) is 5.75 Å². The van der Waals surface area contributed by atoms with Crippen molar-refractivity contribution in [1.29, 1.82) is 0 Å². The van der Waals surface area contributed by atoms with Gasteiger partial charge in [-0.2, -0.15) is 5.10 Å². The number of halogens is 1. The van der Waals surface area contributed by atoms with Gasteiger partial charge < -0.3 is 9.47 Å². The number of hydrogen-bond acceptors (Lipinski definition) is 5. The maximum atomic E-state index is 11.3. The van der Waals surface area contributed by atoms with Crippen LogP contribution in [0.25, 0.3) is 0 Å². The first-order valence-corrected chi connectivity index (χ1v) is 6.18. The van der Waals surface area contributed by atoms with E-state index in [4.69, 9.17) is 9.47 Å². The average molecular weight is 315 g/mol. The lowest BCUT2D eigenvalue weighted by Gasteiger charge is -2.07. The fourth-order valence-corrected chi connectivity index (χ4v) is 1.59. The number of carbonyl (C=O) groups excluding carboxylic acids is 1. The van der Waals surface area contributed by atoms with Gasteiger partial charge in [0.2, 0.25) is 0 Å². The van der Waals surface area contributed by atoms with Crippen molar-refractivity contribution in [2.45, 2.75) is 13.8 Å². The highest BCUT2D eigenvalue weighted by molar-refractivity contribution is 9.10. The molecule has 0 aliphatic rings. The third-order valence-corrected chi connectivity index (χ3v) is 2.75. The maximum absolute atomic E-state index is 11.3. The largest absolute Gasteiger partial charge is 0.497 e. The summed E-state index contributed by atoms with van der Waals surface area (Å²) in [7, 11) is 1.60. The Kier molecular flexibility index (Phi) is 5.64. The van der Waals surface area contributed by atoms with E-state index in [0.717, 1.165) is 15.9 Å². The maximum Gasteiger partial charge on any atom is 0.354 e. The van der Waals surface area contributed by atoms with E-state index in [9.17, 15) is 4.79 Å². The number of nitrogens with zero attached hydrogens (tertiary/aromatic N) is 1. The van der Waals surface area contributed by atoms with Crippen molar-refractivity contribution in [2.75, 3.05) is 19.1 Å². The molecule has 0 heterocycles. The van der Waals surface area contributed by atoms with E-state index in [1.54, 1.807) is 39.2 Å². The van der Waals surface area contributed by atoms with E-state index < -0.39 is 5.97 Å². The molecule has 6 heteroatoms. The first-order chi connectivity index (χ1) is 8.58. The van der Waals surface area contributed by atoms with Gasteiger partial charge in [-0.1, -0.05) is 0 Å². The molecule has 1 rings (SSSR count). The summed E-state index contributed by atoms with van der Waals surface area (Å²) in [5, 5.41) is 3.95. The highest BCUT2D eigenvalue weighted by Crippen LogP contribution is 2.26. The monoisotopic (exact) mass is 314 g/mol. The quantitative estimate of drug-likeness (QED) is 0.516. The second kappa shape index (κ2) is 7.00. The number of anilines is 1. The minimum Gasteiger partial charge on any atom is -0.497 e. The minimum absolute atomic E-state index is 0.263. The number of carbonyl (C=O) groups is 1. The van der Waals surface area contributed by atoms with Gasteiger partial charge in [-0.25, -0.2) is 4.79 Å². The molecule has 0 amide bonds. The molecule has 0 saturated carbocycles. The van der Waals surface area contributed by atoms with Crippen LogP contribution in [0.3, 0.4) is 0 Å². The third-order valence-electron chi connectivity index (χ3n) is 2.09. The standard InChI is InChI=1S/C12H15BrN2O3/c1-4-18-12(16)8(2)14-15-11-6-5-9(17-3)7-10(11)13/h5-7,15H,4H2,1-3H3/b14-8-. The van der Waals surface area contributed by atoms with Gasteiger partial charge in [0.1, 0.15) is 11.5 Å². The molecule has 1 aromatic carbocycles. The van der Waals surface area contributed by atoms with Crippen molar-refractivity contribution in [3.63, 3.8) is 0 Å². The van der Waals surface area contributed by atoms with Crippen LogP contribution >= 0.6 is 15.9 Å². The second-order valence-electron chi connectivity index (χ2n) is 3.38. The van der Waals surface area contributed by atoms with Gasteiger partial charge in [0.05, 0.1) is 19.4 Å². The summed E-state index contributed by atoms with van der Waals surface area (Å²) in [5.41, 5.74) is 3.79. The number of rotatable bonds is 5. The highest BCUT2D eigenvalue weighted by Gasteiger charge is 2.07. The Balaban J connectivity index is 2.73. The first kappa shape index (κ1) is 14.5. The number of methoxy groups -OCH3 is 1. The molecule has 0 unspecified atom stereocenters. The lowest BCUT2D eigenvalue weighted by molar-refractivity contribution is -0.135. The van der Waals surface area contributed by atoms with Crippen LogP contribution in [0, 0.1) is 0 Å². The zero-order valence-corrected chi connectivity index (χ0v) is 12.1. The molecule has 0 aromatic heterocycles. The molecular formula is C12H15BrN2O3. The molecule has 0 aliphatic heterocycles. The molecule has 0 atom stereocenters. The Labute approximate surface area is 114 Å². The van der Waals surface area contributed by atoms with Crippen molar-refractivity contribution >= 4 is 33.3 Å². The smallest absolute Gasteiger partial charge is 0.354 e. The molecule has 1 N–H and O–H groups in total. The summed E-state index contributed by atoms with van der Waals surface area (Å²) in [4.78, 5) is 11.3. The number of hydrazone groups is 1. The zero-order valence-electron chi connectivity index (χ0n) is 10.5. The van der Waals surface area contributed by atoms with Crippen LogP contribution in [-0.2, 0) is 9.53 Å². The normalized spacial score (nSPS) is 11.0. The Morgan fingerprint density at radius 2 is 2.22 bits per heavy atom. The minimum atomic E-state index is -0.436. The fourth-order valence-electron chi connectivity index (χ4n) is 1.14. The van der Waals surface area contributed by atoms with Gasteiger partial charge in [0.15, 0.2) is 0 Å². The Morgan fingerprint density at radius 3 is 2.78 bits per heavy atom. The molecule has 0 saturated heterocycles. The molecule has 1 aromatic rings. The van der Waals surface area contributed by atoms with E-state index in [2.05, 4.69) is 26.5 Å². The molecule has 0 radical (unpaired) electrons.